The molecule has 1 aromatic heterocycles. The molecule has 1 aliphatic heterocycles. The number of carbonyl (C=O) groups is 1. The lowest BCUT2D eigenvalue weighted by Gasteiger charge is -2.29. The van der Waals surface area contributed by atoms with Gasteiger partial charge in [0.1, 0.15) is 0 Å². The molecule has 92 valence electrons. The lowest BCUT2D eigenvalue weighted by Crippen LogP contribution is -2.37. The molecule has 0 aliphatic carbocycles. The Kier molecular flexibility index (Phi) is 3.42. The van der Waals surface area contributed by atoms with Gasteiger partial charge in [0.05, 0.1) is 9.80 Å². The Hall–Kier alpha value is -1.43. The average Bonchev–Trinajstić information content (AvgIpc) is 2.78. The number of rotatable bonds is 2. The number of thiophene rings is 1. The Morgan fingerprint density at radius 2 is 2.12 bits per heavy atom. The second kappa shape index (κ2) is 4.83. The van der Waals surface area contributed by atoms with E-state index in [4.69, 9.17) is 0 Å². The molecule has 0 spiro atoms. The number of hydrogen-bond acceptors (Lipinski definition) is 4. The fourth-order valence-corrected chi connectivity index (χ4v) is 2.70. The zero-order chi connectivity index (χ0) is 12.4. The van der Waals surface area contributed by atoms with Crippen molar-refractivity contribution in [3.63, 3.8) is 0 Å². The Morgan fingerprint density at radius 1 is 1.47 bits per heavy atom. The van der Waals surface area contributed by atoms with Gasteiger partial charge >= 0.3 is 5.00 Å². The summed E-state index contributed by atoms with van der Waals surface area (Å²) in [4.78, 5) is 24.4. The van der Waals surface area contributed by atoms with Gasteiger partial charge in [0.25, 0.3) is 5.91 Å². The molecule has 0 bridgehead atoms. The maximum absolute atomic E-state index is 12.1. The van der Waals surface area contributed by atoms with E-state index in [-0.39, 0.29) is 10.9 Å². The molecule has 1 aromatic rings. The normalized spacial score (nSPS) is 17.1. The van der Waals surface area contributed by atoms with Crippen LogP contribution in [0.5, 0.6) is 0 Å². The first-order valence-electron chi connectivity index (χ1n) is 5.61. The Morgan fingerprint density at radius 3 is 2.65 bits per heavy atom. The molecule has 5 nitrogen and oxygen atoms in total. The number of amides is 1. The molecule has 0 atom stereocenters. The Balaban J connectivity index is 2.06. The van der Waals surface area contributed by atoms with Crippen molar-refractivity contribution in [3.8, 4) is 0 Å². The number of hydrogen-bond donors (Lipinski definition) is 0. The number of carbonyl (C=O) groups excluding carboxylic acids is 1. The molecule has 0 unspecified atom stereocenters. The zero-order valence-corrected chi connectivity index (χ0v) is 10.4. The van der Waals surface area contributed by atoms with Crippen molar-refractivity contribution in [2.45, 2.75) is 19.8 Å². The van der Waals surface area contributed by atoms with Crippen LogP contribution in [0.1, 0.15) is 29.4 Å². The lowest BCUT2D eigenvalue weighted by atomic mass is 9.99. The molecule has 1 saturated heterocycles. The molecule has 1 aliphatic rings. The summed E-state index contributed by atoms with van der Waals surface area (Å²) in [6, 6.07) is 2.94. The Bertz CT molecular complexity index is 436. The second-order valence-corrected chi connectivity index (χ2v) is 5.43. The smallest absolute Gasteiger partial charge is 0.324 e. The van der Waals surface area contributed by atoms with Gasteiger partial charge in [0.2, 0.25) is 0 Å². The van der Waals surface area contributed by atoms with Gasteiger partial charge in [-0.1, -0.05) is 18.3 Å². The third kappa shape index (κ3) is 2.63. The van der Waals surface area contributed by atoms with E-state index in [2.05, 4.69) is 6.92 Å². The van der Waals surface area contributed by atoms with Crippen molar-refractivity contribution in [2.75, 3.05) is 13.1 Å². The second-order valence-electron chi connectivity index (χ2n) is 4.37. The minimum Gasteiger partial charge on any atom is -0.338 e. The standard InChI is InChI=1S/C11H14N2O3S/c1-8-4-6-12(7-5-8)11(14)9-2-3-10(17-9)13(15)16/h2-3,8H,4-7H2,1H3. The summed E-state index contributed by atoms with van der Waals surface area (Å²) < 4.78 is 0. The molecule has 1 amide bonds. The van der Waals surface area contributed by atoms with Crippen LogP contribution in [0.3, 0.4) is 0 Å². The highest BCUT2D eigenvalue weighted by molar-refractivity contribution is 7.17. The van der Waals surface area contributed by atoms with Crippen LogP contribution < -0.4 is 0 Å². The van der Waals surface area contributed by atoms with Crippen LogP contribution in [0.25, 0.3) is 0 Å². The van der Waals surface area contributed by atoms with E-state index in [1.807, 2.05) is 0 Å². The van der Waals surface area contributed by atoms with Gasteiger partial charge in [-0.2, -0.15) is 0 Å². The van der Waals surface area contributed by atoms with E-state index < -0.39 is 4.92 Å². The highest BCUT2D eigenvalue weighted by Crippen LogP contribution is 2.26. The third-order valence-electron chi connectivity index (χ3n) is 3.05. The average molecular weight is 254 g/mol. The fourth-order valence-electron chi connectivity index (χ4n) is 1.91. The maximum Gasteiger partial charge on any atom is 0.324 e. The predicted octanol–water partition coefficient (Wildman–Crippen LogP) is 2.53. The summed E-state index contributed by atoms with van der Waals surface area (Å²) in [6.45, 7) is 3.69. The van der Waals surface area contributed by atoms with Crippen molar-refractivity contribution >= 4 is 22.2 Å². The van der Waals surface area contributed by atoms with E-state index in [9.17, 15) is 14.9 Å². The van der Waals surface area contributed by atoms with Crippen molar-refractivity contribution in [1.29, 1.82) is 0 Å². The first-order chi connectivity index (χ1) is 8.08. The van der Waals surface area contributed by atoms with E-state index in [0.29, 0.717) is 10.8 Å². The SMILES string of the molecule is CC1CCN(C(=O)c2ccc([N+](=O)[O-])s2)CC1. The first-order valence-corrected chi connectivity index (χ1v) is 6.43. The van der Waals surface area contributed by atoms with Gasteiger partial charge < -0.3 is 4.90 Å². The molecular formula is C11H14N2O3S. The van der Waals surface area contributed by atoms with Gasteiger partial charge in [0, 0.05) is 19.2 Å². The van der Waals surface area contributed by atoms with Crippen molar-refractivity contribution < 1.29 is 9.72 Å². The van der Waals surface area contributed by atoms with Crippen LogP contribution >= 0.6 is 11.3 Å². The van der Waals surface area contributed by atoms with Gasteiger partial charge in [-0.15, -0.1) is 0 Å². The number of piperidine rings is 1. The minimum atomic E-state index is -0.459. The maximum atomic E-state index is 12.1. The lowest BCUT2D eigenvalue weighted by molar-refractivity contribution is -0.380. The largest absolute Gasteiger partial charge is 0.338 e. The summed E-state index contributed by atoms with van der Waals surface area (Å²) in [5.41, 5.74) is 0. The van der Waals surface area contributed by atoms with Crippen molar-refractivity contribution in [2.24, 2.45) is 5.92 Å². The quantitative estimate of drug-likeness (QED) is 0.601. The molecule has 0 saturated carbocycles. The molecule has 17 heavy (non-hydrogen) atoms. The predicted molar refractivity (Wildman–Crippen MR) is 65.3 cm³/mol. The molecule has 1 fully saturated rings. The van der Waals surface area contributed by atoms with Crippen LogP contribution in [-0.4, -0.2) is 28.8 Å². The highest BCUT2D eigenvalue weighted by Gasteiger charge is 2.24. The van der Waals surface area contributed by atoms with Gasteiger partial charge in [-0.3, -0.25) is 14.9 Å². The summed E-state index contributed by atoms with van der Waals surface area (Å²) in [6.07, 6.45) is 2.03. The van der Waals surface area contributed by atoms with Gasteiger partial charge in [-0.25, -0.2) is 0 Å². The molecule has 2 heterocycles. The molecular weight excluding hydrogens is 240 g/mol. The summed E-state index contributed by atoms with van der Waals surface area (Å²) in [7, 11) is 0. The molecule has 0 radical (unpaired) electrons. The summed E-state index contributed by atoms with van der Waals surface area (Å²) in [5.74, 6) is 0.590. The molecule has 0 aromatic carbocycles. The van der Waals surface area contributed by atoms with E-state index in [1.165, 1.54) is 6.07 Å². The van der Waals surface area contributed by atoms with Crippen LogP contribution in [0.4, 0.5) is 5.00 Å². The van der Waals surface area contributed by atoms with Gasteiger partial charge in [-0.05, 0) is 24.8 Å². The fraction of sp³-hybridized carbons (Fsp3) is 0.545. The van der Waals surface area contributed by atoms with Crippen LogP contribution in [0.15, 0.2) is 12.1 Å². The van der Waals surface area contributed by atoms with E-state index in [1.54, 1.807) is 11.0 Å². The molecule has 2 rings (SSSR count). The number of nitrogens with zero attached hydrogens (tertiary/aromatic N) is 2. The third-order valence-corrected chi connectivity index (χ3v) is 4.08. The van der Waals surface area contributed by atoms with Crippen LogP contribution in [0, 0.1) is 16.0 Å². The van der Waals surface area contributed by atoms with E-state index >= 15 is 0 Å². The monoisotopic (exact) mass is 254 g/mol. The highest BCUT2D eigenvalue weighted by atomic mass is 32.1. The van der Waals surface area contributed by atoms with Gasteiger partial charge in [0.15, 0.2) is 0 Å². The van der Waals surface area contributed by atoms with Crippen LogP contribution in [0.2, 0.25) is 0 Å². The summed E-state index contributed by atoms with van der Waals surface area (Å²) in [5, 5.41) is 10.6. The topological polar surface area (TPSA) is 63.5 Å². The summed E-state index contributed by atoms with van der Waals surface area (Å²) >= 11 is 0.953. The molecule has 6 heteroatoms. The van der Waals surface area contributed by atoms with Crippen molar-refractivity contribution in [3.05, 3.63) is 27.1 Å². The zero-order valence-electron chi connectivity index (χ0n) is 9.59. The van der Waals surface area contributed by atoms with Crippen LogP contribution in [-0.2, 0) is 0 Å². The molecule has 0 N–H and O–H groups in total. The first kappa shape index (κ1) is 12.0. The Labute approximate surface area is 103 Å². The van der Waals surface area contributed by atoms with E-state index in [0.717, 1.165) is 37.3 Å². The minimum absolute atomic E-state index is 0.0266. The number of nitro groups is 1. The van der Waals surface area contributed by atoms with Crippen molar-refractivity contribution in [1.82, 2.24) is 4.90 Å². The number of likely N-dealkylation sites (tertiary alicyclic amines) is 1.